The zero-order chi connectivity index (χ0) is 12.9. The van der Waals surface area contributed by atoms with Crippen molar-refractivity contribution in [3.05, 3.63) is 24.3 Å². The summed E-state index contributed by atoms with van der Waals surface area (Å²) in [5, 5.41) is 0. The van der Waals surface area contributed by atoms with Crippen molar-refractivity contribution in [3.63, 3.8) is 0 Å². The smallest absolute Gasteiger partial charge is 0.102 e. The maximum atomic E-state index is 6.18. The van der Waals surface area contributed by atoms with Gasteiger partial charge < -0.3 is 0 Å². The van der Waals surface area contributed by atoms with Gasteiger partial charge in [0.2, 0.25) is 0 Å². The van der Waals surface area contributed by atoms with Gasteiger partial charge in [-0.05, 0) is 37.5 Å². The van der Waals surface area contributed by atoms with Crippen LogP contribution in [0.25, 0.3) is 0 Å². The van der Waals surface area contributed by atoms with Crippen LogP contribution in [0.4, 0.5) is 0 Å². The highest BCUT2D eigenvalue weighted by Gasteiger charge is 2.29. The standard InChI is InChI=1S/C15H24Cl2/c1-4-5-8-13-9-6-7-10-14(13)11-12(2)15(3,16)17/h6-7,9-10,12-14H,4-5,8,11H2,1-3H3. The van der Waals surface area contributed by atoms with E-state index in [0.29, 0.717) is 17.8 Å². The third-order valence-corrected chi connectivity index (χ3v) is 4.50. The first kappa shape index (κ1) is 15.1. The van der Waals surface area contributed by atoms with E-state index in [2.05, 4.69) is 38.2 Å². The van der Waals surface area contributed by atoms with E-state index in [9.17, 15) is 0 Å². The number of unbranched alkanes of at least 4 members (excludes halogenated alkanes) is 1. The molecule has 3 unspecified atom stereocenters. The van der Waals surface area contributed by atoms with E-state index in [1.165, 1.54) is 19.3 Å². The molecule has 1 aliphatic rings. The van der Waals surface area contributed by atoms with Gasteiger partial charge in [-0.1, -0.05) is 51.0 Å². The summed E-state index contributed by atoms with van der Waals surface area (Å²) in [7, 11) is 0. The van der Waals surface area contributed by atoms with Crippen molar-refractivity contribution in [1.82, 2.24) is 0 Å². The van der Waals surface area contributed by atoms with Gasteiger partial charge in [-0.15, -0.1) is 23.2 Å². The largest absolute Gasteiger partial charge is 0.118 e. The molecule has 0 nitrogen and oxygen atoms in total. The van der Waals surface area contributed by atoms with Crippen LogP contribution in [0.15, 0.2) is 24.3 Å². The fourth-order valence-electron chi connectivity index (χ4n) is 2.32. The van der Waals surface area contributed by atoms with Gasteiger partial charge in [0.15, 0.2) is 0 Å². The van der Waals surface area contributed by atoms with Crippen molar-refractivity contribution in [2.24, 2.45) is 17.8 Å². The van der Waals surface area contributed by atoms with E-state index in [1.807, 2.05) is 6.92 Å². The van der Waals surface area contributed by atoms with Crippen LogP contribution in [-0.2, 0) is 0 Å². The van der Waals surface area contributed by atoms with Gasteiger partial charge in [0.05, 0.1) is 0 Å². The molecule has 0 aromatic rings. The molecule has 0 spiro atoms. The van der Waals surface area contributed by atoms with E-state index < -0.39 is 4.33 Å². The van der Waals surface area contributed by atoms with Gasteiger partial charge in [0, 0.05) is 0 Å². The Bertz CT molecular complexity index is 273. The van der Waals surface area contributed by atoms with Gasteiger partial charge in [-0.3, -0.25) is 0 Å². The minimum absolute atomic E-state index is 0.316. The van der Waals surface area contributed by atoms with Crippen molar-refractivity contribution in [2.75, 3.05) is 0 Å². The molecule has 1 aliphatic carbocycles. The zero-order valence-corrected chi connectivity index (χ0v) is 12.6. The number of halogens is 2. The van der Waals surface area contributed by atoms with Crippen LogP contribution in [0, 0.1) is 17.8 Å². The van der Waals surface area contributed by atoms with Crippen LogP contribution in [-0.4, -0.2) is 4.33 Å². The second kappa shape index (κ2) is 6.85. The molecule has 0 aromatic carbocycles. The molecule has 0 bridgehead atoms. The van der Waals surface area contributed by atoms with Gasteiger partial charge in [0.25, 0.3) is 0 Å². The highest BCUT2D eigenvalue weighted by atomic mass is 35.5. The molecule has 1 rings (SSSR count). The van der Waals surface area contributed by atoms with Gasteiger partial charge in [0.1, 0.15) is 4.33 Å². The predicted molar refractivity (Wildman–Crippen MR) is 78.7 cm³/mol. The lowest BCUT2D eigenvalue weighted by Crippen LogP contribution is -2.24. The van der Waals surface area contributed by atoms with Crippen LogP contribution in [0.5, 0.6) is 0 Å². The Morgan fingerprint density at radius 2 is 1.76 bits per heavy atom. The summed E-state index contributed by atoms with van der Waals surface area (Å²) in [4.78, 5) is 0. The van der Waals surface area contributed by atoms with Crippen LogP contribution >= 0.6 is 23.2 Å². The van der Waals surface area contributed by atoms with E-state index in [0.717, 1.165) is 6.42 Å². The van der Waals surface area contributed by atoms with E-state index in [1.54, 1.807) is 0 Å². The maximum Gasteiger partial charge on any atom is 0.118 e. The Morgan fingerprint density at radius 1 is 1.18 bits per heavy atom. The first-order valence-electron chi connectivity index (χ1n) is 6.68. The molecule has 0 aromatic heterocycles. The molecule has 0 N–H and O–H groups in total. The summed E-state index contributed by atoms with van der Waals surface area (Å²) in [6.45, 7) is 6.28. The molecule has 2 heteroatoms. The average Bonchev–Trinajstić information content (AvgIpc) is 2.26. The molecule has 0 fully saturated rings. The lowest BCUT2D eigenvalue weighted by atomic mass is 9.79. The summed E-state index contributed by atoms with van der Waals surface area (Å²) in [6.07, 6.45) is 13.9. The maximum absolute atomic E-state index is 6.18. The Balaban J connectivity index is 2.55. The molecule has 0 amide bonds. The minimum atomic E-state index is -0.621. The second-order valence-corrected chi connectivity index (χ2v) is 7.10. The first-order valence-corrected chi connectivity index (χ1v) is 7.43. The van der Waals surface area contributed by atoms with Crippen molar-refractivity contribution >= 4 is 23.2 Å². The van der Waals surface area contributed by atoms with E-state index >= 15 is 0 Å². The normalized spacial score (nSPS) is 26.2. The average molecular weight is 275 g/mol. The lowest BCUT2D eigenvalue weighted by Gasteiger charge is -2.30. The fourth-order valence-corrected chi connectivity index (χ4v) is 2.50. The third-order valence-electron chi connectivity index (χ3n) is 3.76. The summed E-state index contributed by atoms with van der Waals surface area (Å²) < 4.78 is -0.621. The minimum Gasteiger partial charge on any atom is -0.102 e. The van der Waals surface area contributed by atoms with Crippen molar-refractivity contribution in [1.29, 1.82) is 0 Å². The summed E-state index contributed by atoms with van der Waals surface area (Å²) >= 11 is 12.4. The third kappa shape index (κ3) is 5.06. The summed E-state index contributed by atoms with van der Waals surface area (Å²) in [6, 6.07) is 0. The van der Waals surface area contributed by atoms with Crippen LogP contribution in [0.3, 0.4) is 0 Å². The monoisotopic (exact) mass is 274 g/mol. The van der Waals surface area contributed by atoms with Crippen molar-refractivity contribution in [2.45, 2.75) is 50.8 Å². The van der Waals surface area contributed by atoms with E-state index in [-0.39, 0.29) is 0 Å². The molecule has 0 saturated carbocycles. The Labute approximate surface area is 116 Å². The SMILES string of the molecule is CCCCC1C=CC=CC1CC(C)C(C)(Cl)Cl. The molecule has 0 heterocycles. The molecular weight excluding hydrogens is 251 g/mol. The highest BCUT2D eigenvalue weighted by molar-refractivity contribution is 6.48. The van der Waals surface area contributed by atoms with Gasteiger partial charge >= 0.3 is 0 Å². The number of hydrogen-bond acceptors (Lipinski definition) is 0. The van der Waals surface area contributed by atoms with E-state index in [4.69, 9.17) is 23.2 Å². The molecule has 3 atom stereocenters. The van der Waals surface area contributed by atoms with Crippen molar-refractivity contribution in [3.8, 4) is 0 Å². The van der Waals surface area contributed by atoms with Crippen LogP contribution in [0.2, 0.25) is 0 Å². The van der Waals surface area contributed by atoms with Crippen molar-refractivity contribution < 1.29 is 0 Å². The molecule has 0 radical (unpaired) electrons. The predicted octanol–water partition coefficient (Wildman–Crippen LogP) is 5.76. The number of hydrogen-bond donors (Lipinski definition) is 0. The first-order chi connectivity index (χ1) is 7.95. The quantitative estimate of drug-likeness (QED) is 0.541. The van der Waals surface area contributed by atoms with Crippen LogP contribution < -0.4 is 0 Å². The van der Waals surface area contributed by atoms with Gasteiger partial charge in [-0.2, -0.15) is 0 Å². The number of rotatable bonds is 6. The molecule has 0 aliphatic heterocycles. The summed E-state index contributed by atoms with van der Waals surface area (Å²) in [5.74, 6) is 1.58. The molecule has 17 heavy (non-hydrogen) atoms. The topological polar surface area (TPSA) is 0 Å². The Kier molecular flexibility index (Phi) is 6.09. The molecule has 0 saturated heterocycles. The number of allylic oxidation sites excluding steroid dienone is 4. The Hall–Kier alpha value is 0.0600. The molecule has 98 valence electrons. The lowest BCUT2D eigenvalue weighted by molar-refractivity contribution is 0.336. The van der Waals surface area contributed by atoms with Gasteiger partial charge in [-0.25, -0.2) is 0 Å². The Morgan fingerprint density at radius 3 is 2.29 bits per heavy atom. The zero-order valence-electron chi connectivity index (χ0n) is 11.1. The fraction of sp³-hybridized carbons (Fsp3) is 0.733. The van der Waals surface area contributed by atoms with Crippen LogP contribution in [0.1, 0.15) is 46.5 Å². The number of alkyl halides is 2. The summed E-state index contributed by atoms with van der Waals surface area (Å²) in [5.41, 5.74) is 0. The second-order valence-electron chi connectivity index (χ2n) is 5.33. The highest BCUT2D eigenvalue weighted by Crippen LogP contribution is 2.38. The molecular formula is C15H24Cl2.